The molecule has 0 radical (unpaired) electrons. The molecule has 7 heteroatoms. The number of aliphatic imine (C=N–C) groups is 1. The molecule has 2 aliphatic rings. The number of piperidine rings is 1. The van der Waals surface area contributed by atoms with Gasteiger partial charge < -0.3 is 19.7 Å². The minimum absolute atomic E-state index is 0.184. The Kier molecular flexibility index (Phi) is 9.57. The van der Waals surface area contributed by atoms with Crippen molar-refractivity contribution in [1.82, 2.24) is 10.2 Å². The van der Waals surface area contributed by atoms with Crippen molar-refractivity contribution >= 4 is 17.7 Å². The van der Waals surface area contributed by atoms with Gasteiger partial charge >= 0.3 is 0 Å². The van der Waals surface area contributed by atoms with Crippen LogP contribution in [0.1, 0.15) is 38.5 Å². The second kappa shape index (κ2) is 12.4. The van der Waals surface area contributed by atoms with Gasteiger partial charge in [-0.3, -0.25) is 4.99 Å². The van der Waals surface area contributed by atoms with E-state index in [2.05, 4.69) is 15.2 Å². The van der Waals surface area contributed by atoms with Crippen LogP contribution in [0.3, 0.4) is 0 Å². The van der Waals surface area contributed by atoms with Gasteiger partial charge in [-0.05, 0) is 68.5 Å². The Balaban J connectivity index is 1.28. The van der Waals surface area contributed by atoms with Crippen molar-refractivity contribution in [3.8, 4) is 0 Å². The molecule has 1 unspecified atom stereocenters. The number of benzene rings is 1. The van der Waals surface area contributed by atoms with E-state index in [1.54, 1.807) is 11.8 Å². The van der Waals surface area contributed by atoms with Crippen LogP contribution in [0, 0.1) is 5.82 Å². The maximum atomic E-state index is 12.9. The molecule has 0 aliphatic carbocycles. The molecule has 2 saturated heterocycles. The quantitative estimate of drug-likeness (QED) is 0.297. The monoisotopic (exact) mass is 423 g/mol. The van der Waals surface area contributed by atoms with Crippen LogP contribution in [-0.2, 0) is 9.47 Å². The van der Waals surface area contributed by atoms with Crippen LogP contribution >= 0.6 is 11.8 Å². The molecule has 5 nitrogen and oxygen atoms in total. The fourth-order valence-electron chi connectivity index (χ4n) is 3.74. The lowest BCUT2D eigenvalue weighted by molar-refractivity contribution is -0.0721. The largest absolute Gasteiger partial charge is 0.376 e. The molecule has 2 aliphatic heterocycles. The first-order valence-corrected chi connectivity index (χ1v) is 11.8. The summed E-state index contributed by atoms with van der Waals surface area (Å²) in [5.74, 6) is 1.79. The van der Waals surface area contributed by atoms with Gasteiger partial charge in [-0.15, -0.1) is 11.8 Å². The first-order valence-electron chi connectivity index (χ1n) is 10.8. The Bertz CT molecular complexity index is 615. The van der Waals surface area contributed by atoms with E-state index in [9.17, 15) is 4.39 Å². The van der Waals surface area contributed by atoms with Crippen LogP contribution in [0.4, 0.5) is 4.39 Å². The first-order chi connectivity index (χ1) is 14.2. The van der Waals surface area contributed by atoms with E-state index in [4.69, 9.17) is 9.47 Å². The van der Waals surface area contributed by atoms with Gasteiger partial charge in [0.25, 0.3) is 0 Å². The summed E-state index contributed by atoms with van der Waals surface area (Å²) in [5.41, 5.74) is 0. The van der Waals surface area contributed by atoms with Gasteiger partial charge in [0.1, 0.15) is 5.82 Å². The standard InChI is InChI=1S/C22H34FN3O2S/c1-24-22(25-12-4-16-29-21-8-6-18(23)7-9-21)26-13-10-19(11-14-26)28-17-20-5-2-3-15-27-20/h6-9,19-20H,2-5,10-17H2,1H3,(H,24,25). The summed E-state index contributed by atoms with van der Waals surface area (Å²) >= 11 is 1.75. The van der Waals surface area contributed by atoms with E-state index in [0.29, 0.717) is 12.2 Å². The smallest absolute Gasteiger partial charge is 0.193 e. The van der Waals surface area contributed by atoms with Gasteiger partial charge in [-0.1, -0.05) is 0 Å². The highest BCUT2D eigenvalue weighted by atomic mass is 32.2. The normalized spacial score (nSPS) is 21.4. The number of ether oxygens (including phenoxy) is 2. The van der Waals surface area contributed by atoms with Crippen molar-refractivity contribution < 1.29 is 13.9 Å². The van der Waals surface area contributed by atoms with E-state index in [-0.39, 0.29) is 5.82 Å². The number of nitrogens with one attached hydrogen (secondary N) is 1. The molecule has 1 aromatic rings. The molecule has 1 aromatic carbocycles. The summed E-state index contributed by atoms with van der Waals surface area (Å²) in [4.78, 5) is 7.88. The summed E-state index contributed by atoms with van der Waals surface area (Å²) in [6.45, 7) is 4.46. The molecule has 162 valence electrons. The van der Waals surface area contributed by atoms with Crippen molar-refractivity contribution in [2.75, 3.05) is 45.6 Å². The zero-order valence-corrected chi connectivity index (χ0v) is 18.3. The molecule has 0 amide bonds. The summed E-state index contributed by atoms with van der Waals surface area (Å²) in [6, 6.07) is 6.69. The van der Waals surface area contributed by atoms with Crippen molar-refractivity contribution in [3.63, 3.8) is 0 Å². The number of hydrogen-bond donors (Lipinski definition) is 1. The van der Waals surface area contributed by atoms with Gasteiger partial charge in [0.2, 0.25) is 0 Å². The second-order valence-electron chi connectivity index (χ2n) is 7.64. The fourth-order valence-corrected chi connectivity index (χ4v) is 4.59. The summed E-state index contributed by atoms with van der Waals surface area (Å²) in [7, 11) is 1.85. The number of guanidine groups is 1. The van der Waals surface area contributed by atoms with Crippen LogP contribution in [0.2, 0.25) is 0 Å². The van der Waals surface area contributed by atoms with E-state index in [1.807, 2.05) is 19.2 Å². The SMILES string of the molecule is CN=C(NCCCSc1ccc(F)cc1)N1CCC(OCC2CCCCO2)CC1. The van der Waals surface area contributed by atoms with Gasteiger partial charge in [0, 0.05) is 38.2 Å². The molecule has 1 atom stereocenters. The van der Waals surface area contributed by atoms with Crippen molar-refractivity contribution in [2.24, 2.45) is 4.99 Å². The maximum Gasteiger partial charge on any atom is 0.193 e. The van der Waals surface area contributed by atoms with Gasteiger partial charge in [0.05, 0.1) is 18.8 Å². The Labute approximate surface area is 178 Å². The van der Waals surface area contributed by atoms with Crippen LogP contribution in [0.15, 0.2) is 34.2 Å². The molecular formula is C22H34FN3O2S. The van der Waals surface area contributed by atoms with Crippen molar-refractivity contribution in [1.29, 1.82) is 0 Å². The van der Waals surface area contributed by atoms with Gasteiger partial charge in [-0.2, -0.15) is 0 Å². The molecule has 0 aromatic heterocycles. The molecule has 2 heterocycles. The summed E-state index contributed by atoms with van der Waals surface area (Å²) < 4.78 is 24.8. The minimum Gasteiger partial charge on any atom is -0.376 e. The third-order valence-electron chi connectivity index (χ3n) is 5.43. The maximum absolute atomic E-state index is 12.9. The third-order valence-corrected chi connectivity index (χ3v) is 6.53. The third kappa shape index (κ3) is 7.79. The highest BCUT2D eigenvalue weighted by molar-refractivity contribution is 7.99. The average Bonchev–Trinajstić information content (AvgIpc) is 2.77. The first kappa shape index (κ1) is 22.4. The number of halogens is 1. The molecule has 0 bridgehead atoms. The molecule has 3 rings (SSSR count). The van der Waals surface area contributed by atoms with Crippen LogP contribution in [0.25, 0.3) is 0 Å². The van der Waals surface area contributed by atoms with Crippen LogP contribution < -0.4 is 5.32 Å². The zero-order chi connectivity index (χ0) is 20.3. The topological polar surface area (TPSA) is 46.1 Å². The number of likely N-dealkylation sites (tertiary alicyclic amines) is 1. The summed E-state index contributed by atoms with van der Waals surface area (Å²) in [5, 5.41) is 3.47. The Morgan fingerprint density at radius 3 is 2.72 bits per heavy atom. The van der Waals surface area contributed by atoms with Crippen molar-refractivity contribution in [2.45, 2.75) is 55.6 Å². The van der Waals surface area contributed by atoms with Crippen LogP contribution in [0.5, 0.6) is 0 Å². The second-order valence-corrected chi connectivity index (χ2v) is 8.81. The predicted octanol–water partition coefficient (Wildman–Crippen LogP) is 3.93. The number of hydrogen-bond acceptors (Lipinski definition) is 4. The molecular weight excluding hydrogens is 389 g/mol. The lowest BCUT2D eigenvalue weighted by Crippen LogP contribution is -2.47. The Morgan fingerprint density at radius 2 is 2.03 bits per heavy atom. The van der Waals surface area contributed by atoms with E-state index in [1.165, 1.54) is 25.0 Å². The Morgan fingerprint density at radius 1 is 1.24 bits per heavy atom. The molecule has 0 spiro atoms. The number of nitrogens with zero attached hydrogens (tertiary/aromatic N) is 2. The van der Waals surface area contributed by atoms with Gasteiger partial charge in [-0.25, -0.2) is 4.39 Å². The van der Waals surface area contributed by atoms with Gasteiger partial charge in [0.15, 0.2) is 5.96 Å². The molecule has 29 heavy (non-hydrogen) atoms. The minimum atomic E-state index is -0.184. The highest BCUT2D eigenvalue weighted by Crippen LogP contribution is 2.19. The molecule has 0 saturated carbocycles. The molecule has 2 fully saturated rings. The highest BCUT2D eigenvalue weighted by Gasteiger charge is 2.23. The van der Waals surface area contributed by atoms with Crippen LogP contribution in [-0.4, -0.2) is 68.7 Å². The summed E-state index contributed by atoms with van der Waals surface area (Å²) in [6.07, 6.45) is 7.31. The average molecular weight is 424 g/mol. The zero-order valence-electron chi connectivity index (χ0n) is 17.4. The Hall–Kier alpha value is -1.31. The fraction of sp³-hybridized carbons (Fsp3) is 0.682. The predicted molar refractivity (Wildman–Crippen MR) is 117 cm³/mol. The van der Waals surface area contributed by atoms with Crippen molar-refractivity contribution in [3.05, 3.63) is 30.1 Å². The van der Waals surface area contributed by atoms with E-state index in [0.717, 1.165) is 75.1 Å². The lowest BCUT2D eigenvalue weighted by Gasteiger charge is -2.35. The van der Waals surface area contributed by atoms with E-state index >= 15 is 0 Å². The lowest BCUT2D eigenvalue weighted by atomic mass is 10.1. The molecule has 1 N–H and O–H groups in total. The number of rotatable bonds is 8. The van der Waals surface area contributed by atoms with E-state index < -0.39 is 0 Å². The number of thioether (sulfide) groups is 1.